The van der Waals surface area contributed by atoms with Gasteiger partial charge in [0.25, 0.3) is 5.91 Å². The first-order valence-corrected chi connectivity index (χ1v) is 12.1. The average molecular weight is 455 g/mol. The monoisotopic (exact) mass is 454 g/mol. The lowest BCUT2D eigenvalue weighted by molar-refractivity contribution is -0.136. The van der Waals surface area contributed by atoms with Gasteiger partial charge in [0, 0.05) is 31.5 Å². The Labute approximate surface area is 193 Å². The number of hydrogen-bond acceptors (Lipinski definition) is 5. The lowest BCUT2D eigenvalue weighted by atomic mass is 9.96. The largest absolute Gasteiger partial charge is 0.348 e. The third-order valence-electron chi connectivity index (χ3n) is 5.69. The number of thioether (sulfide) groups is 1. The molecule has 0 aliphatic carbocycles. The van der Waals surface area contributed by atoms with E-state index in [0.29, 0.717) is 36.8 Å². The van der Waals surface area contributed by atoms with Crippen molar-refractivity contribution in [1.82, 2.24) is 15.2 Å². The number of hydrogen-bond donors (Lipinski definition) is 2. The predicted molar refractivity (Wildman–Crippen MR) is 127 cm³/mol. The zero-order valence-corrected chi connectivity index (χ0v) is 19.6. The molecular formula is C24H30N4O3S. The molecule has 1 saturated heterocycles. The summed E-state index contributed by atoms with van der Waals surface area (Å²) in [6.45, 7) is 5.86. The van der Waals surface area contributed by atoms with Gasteiger partial charge in [-0.15, -0.1) is 11.8 Å². The van der Waals surface area contributed by atoms with E-state index in [2.05, 4.69) is 29.5 Å². The molecule has 3 rings (SSSR count). The first-order valence-electron chi connectivity index (χ1n) is 10.9. The van der Waals surface area contributed by atoms with Crippen LogP contribution in [0.25, 0.3) is 0 Å². The molecular weight excluding hydrogens is 424 g/mol. The fourth-order valence-corrected chi connectivity index (χ4v) is 4.22. The second kappa shape index (κ2) is 11.1. The number of likely N-dealkylation sites (tertiary alicyclic amines) is 1. The van der Waals surface area contributed by atoms with Gasteiger partial charge in [-0.1, -0.05) is 26.0 Å². The molecule has 3 amide bonds. The molecule has 2 N–H and O–H groups in total. The highest BCUT2D eigenvalue weighted by atomic mass is 32.2. The summed E-state index contributed by atoms with van der Waals surface area (Å²) in [7, 11) is 0. The number of carbonyl (C=O) groups is 3. The molecule has 0 spiro atoms. The smallest absolute Gasteiger partial charge is 0.313 e. The van der Waals surface area contributed by atoms with Crippen molar-refractivity contribution in [2.24, 2.45) is 5.92 Å². The summed E-state index contributed by atoms with van der Waals surface area (Å²) in [5.41, 5.74) is 2.40. The van der Waals surface area contributed by atoms with Crippen molar-refractivity contribution >= 4 is 35.2 Å². The molecule has 170 valence electrons. The molecule has 2 aromatic rings. The molecule has 0 radical (unpaired) electrons. The topological polar surface area (TPSA) is 91.4 Å². The summed E-state index contributed by atoms with van der Waals surface area (Å²) in [6, 6.07) is 11.1. The third-order valence-corrected chi connectivity index (χ3v) is 6.40. The maximum atomic E-state index is 12.8. The van der Waals surface area contributed by atoms with Crippen molar-refractivity contribution in [2.75, 3.05) is 31.2 Å². The highest BCUT2D eigenvalue weighted by molar-refractivity contribution is 7.98. The van der Waals surface area contributed by atoms with Gasteiger partial charge in [-0.2, -0.15) is 0 Å². The summed E-state index contributed by atoms with van der Waals surface area (Å²) < 4.78 is 0. The molecule has 8 heteroatoms. The van der Waals surface area contributed by atoms with Crippen LogP contribution in [-0.2, 0) is 9.59 Å². The van der Waals surface area contributed by atoms with Crippen LogP contribution >= 0.6 is 11.8 Å². The highest BCUT2D eigenvalue weighted by Crippen LogP contribution is 2.23. The van der Waals surface area contributed by atoms with Gasteiger partial charge >= 0.3 is 11.8 Å². The van der Waals surface area contributed by atoms with Crippen LogP contribution in [0.4, 0.5) is 5.69 Å². The molecule has 1 aromatic carbocycles. The van der Waals surface area contributed by atoms with Gasteiger partial charge < -0.3 is 15.5 Å². The van der Waals surface area contributed by atoms with E-state index in [1.165, 1.54) is 17.3 Å². The van der Waals surface area contributed by atoms with E-state index in [-0.39, 0.29) is 11.8 Å². The SMILES string of the molecule is CSc1ncccc1C(=O)N1CCC(CNC(=O)C(=O)Nc2ccc(C(C)C)cc2)CC1. The number of rotatable bonds is 6. The minimum atomic E-state index is -0.670. The molecule has 1 fully saturated rings. The number of anilines is 1. The first-order chi connectivity index (χ1) is 15.4. The standard InChI is InChI=1S/C24H30N4O3S/c1-16(2)18-6-8-19(9-7-18)27-22(30)21(29)26-15-17-10-13-28(14-11-17)24(31)20-5-4-12-25-23(20)32-3/h4-9,12,16-17H,10-11,13-15H2,1-3H3,(H,26,29)(H,27,30). The van der Waals surface area contributed by atoms with Crippen molar-refractivity contribution < 1.29 is 14.4 Å². The van der Waals surface area contributed by atoms with Crippen LogP contribution < -0.4 is 10.6 Å². The Balaban J connectivity index is 1.43. The van der Waals surface area contributed by atoms with Gasteiger partial charge in [-0.25, -0.2) is 4.98 Å². The van der Waals surface area contributed by atoms with Crippen LogP contribution in [-0.4, -0.2) is 53.5 Å². The fraction of sp³-hybridized carbons (Fsp3) is 0.417. The van der Waals surface area contributed by atoms with Gasteiger partial charge in [0.15, 0.2) is 0 Å². The van der Waals surface area contributed by atoms with Crippen LogP contribution in [0.15, 0.2) is 47.6 Å². The van der Waals surface area contributed by atoms with E-state index >= 15 is 0 Å². The zero-order chi connectivity index (χ0) is 23.1. The van der Waals surface area contributed by atoms with Gasteiger partial charge in [0.1, 0.15) is 5.03 Å². The molecule has 2 heterocycles. The maximum absolute atomic E-state index is 12.8. The molecule has 0 saturated carbocycles. The van der Waals surface area contributed by atoms with Crippen LogP contribution in [0.2, 0.25) is 0 Å². The summed E-state index contributed by atoms with van der Waals surface area (Å²) in [5.74, 6) is -0.683. The second-order valence-corrected chi connectivity index (χ2v) is 9.03. The summed E-state index contributed by atoms with van der Waals surface area (Å²) in [4.78, 5) is 43.3. The average Bonchev–Trinajstić information content (AvgIpc) is 2.82. The Morgan fingerprint density at radius 2 is 1.78 bits per heavy atom. The summed E-state index contributed by atoms with van der Waals surface area (Å²) in [5, 5.41) is 6.10. The van der Waals surface area contributed by atoms with E-state index in [0.717, 1.165) is 17.9 Å². The molecule has 0 atom stereocenters. The number of aromatic nitrogens is 1. The van der Waals surface area contributed by atoms with Crippen molar-refractivity contribution in [1.29, 1.82) is 0 Å². The minimum Gasteiger partial charge on any atom is -0.348 e. The maximum Gasteiger partial charge on any atom is 0.313 e. The van der Waals surface area contributed by atoms with Crippen LogP contribution in [0, 0.1) is 5.92 Å². The van der Waals surface area contributed by atoms with Crippen LogP contribution in [0.5, 0.6) is 0 Å². The number of pyridine rings is 1. The summed E-state index contributed by atoms with van der Waals surface area (Å²) in [6.07, 6.45) is 5.15. The first kappa shape index (κ1) is 23.8. The van der Waals surface area contributed by atoms with Crippen LogP contribution in [0.3, 0.4) is 0 Å². The Hall–Kier alpha value is -2.87. The van der Waals surface area contributed by atoms with E-state index in [9.17, 15) is 14.4 Å². The minimum absolute atomic E-state index is 0.00667. The number of nitrogens with one attached hydrogen (secondary N) is 2. The molecule has 1 aliphatic rings. The third kappa shape index (κ3) is 6.09. The number of amides is 3. The van der Waals surface area contributed by atoms with Gasteiger partial charge in [-0.05, 0) is 60.8 Å². The Morgan fingerprint density at radius 3 is 2.41 bits per heavy atom. The van der Waals surface area contributed by atoms with E-state index < -0.39 is 11.8 Å². The quantitative estimate of drug-likeness (QED) is 0.515. The molecule has 7 nitrogen and oxygen atoms in total. The van der Waals surface area contributed by atoms with E-state index in [1.54, 1.807) is 24.4 Å². The van der Waals surface area contributed by atoms with E-state index in [4.69, 9.17) is 0 Å². The molecule has 1 aliphatic heterocycles. The number of nitrogens with zero attached hydrogens (tertiary/aromatic N) is 2. The highest BCUT2D eigenvalue weighted by Gasteiger charge is 2.26. The molecule has 0 unspecified atom stereocenters. The number of benzene rings is 1. The Kier molecular flexibility index (Phi) is 8.27. The fourth-order valence-electron chi connectivity index (χ4n) is 3.68. The molecule has 0 bridgehead atoms. The normalized spacial score (nSPS) is 14.3. The molecule has 1 aromatic heterocycles. The lowest BCUT2D eigenvalue weighted by Crippen LogP contribution is -2.43. The van der Waals surface area contributed by atoms with Crippen LogP contribution in [0.1, 0.15) is 48.5 Å². The van der Waals surface area contributed by atoms with Gasteiger partial charge in [0.2, 0.25) is 0 Å². The lowest BCUT2D eigenvalue weighted by Gasteiger charge is -2.32. The van der Waals surface area contributed by atoms with Crippen molar-refractivity contribution in [2.45, 2.75) is 37.6 Å². The van der Waals surface area contributed by atoms with E-state index in [1.807, 2.05) is 29.4 Å². The van der Waals surface area contributed by atoms with Gasteiger partial charge in [-0.3, -0.25) is 14.4 Å². The summed E-state index contributed by atoms with van der Waals surface area (Å²) >= 11 is 1.46. The second-order valence-electron chi connectivity index (χ2n) is 8.24. The Morgan fingerprint density at radius 1 is 1.09 bits per heavy atom. The zero-order valence-electron chi connectivity index (χ0n) is 18.8. The van der Waals surface area contributed by atoms with Crippen molar-refractivity contribution in [3.63, 3.8) is 0 Å². The number of carbonyl (C=O) groups excluding carboxylic acids is 3. The molecule has 32 heavy (non-hydrogen) atoms. The number of piperidine rings is 1. The van der Waals surface area contributed by atoms with Gasteiger partial charge in [0.05, 0.1) is 5.56 Å². The predicted octanol–water partition coefficient (Wildman–Crippen LogP) is 3.53. The Bertz CT molecular complexity index is 954. The van der Waals surface area contributed by atoms with Crippen molar-refractivity contribution in [3.8, 4) is 0 Å². The van der Waals surface area contributed by atoms with Crippen molar-refractivity contribution in [3.05, 3.63) is 53.7 Å².